The minimum absolute atomic E-state index is 0.0831. The van der Waals surface area contributed by atoms with Crippen molar-refractivity contribution in [3.8, 4) is 0 Å². The number of benzene rings is 1. The van der Waals surface area contributed by atoms with Crippen molar-refractivity contribution in [3.05, 3.63) is 35.4 Å². The molecule has 5 heteroatoms. The van der Waals surface area contributed by atoms with E-state index >= 15 is 0 Å². The zero-order valence-corrected chi connectivity index (χ0v) is 10.4. The van der Waals surface area contributed by atoms with Crippen LogP contribution < -0.4 is 5.73 Å². The van der Waals surface area contributed by atoms with Crippen LogP contribution in [0.4, 0.5) is 8.78 Å². The minimum Gasteiger partial charge on any atom is -0.380 e. The standard InChI is InChI=1S/C13H18F2N2O/c1-18-10-4-5-17(8-10)13(7-16)9-2-3-11(14)12(15)6-9/h2-3,6,10,13H,4-5,7-8,16H2,1H3. The molecule has 1 aromatic carbocycles. The Morgan fingerprint density at radius 3 is 2.78 bits per heavy atom. The maximum Gasteiger partial charge on any atom is 0.159 e. The molecule has 3 nitrogen and oxygen atoms in total. The number of rotatable bonds is 4. The van der Waals surface area contributed by atoms with Gasteiger partial charge in [0, 0.05) is 32.8 Å². The molecule has 18 heavy (non-hydrogen) atoms. The number of nitrogens with zero attached hydrogens (tertiary/aromatic N) is 1. The van der Waals surface area contributed by atoms with Gasteiger partial charge in [-0.25, -0.2) is 8.78 Å². The average Bonchev–Trinajstić information content (AvgIpc) is 2.83. The zero-order chi connectivity index (χ0) is 13.1. The molecule has 1 fully saturated rings. The summed E-state index contributed by atoms with van der Waals surface area (Å²) >= 11 is 0. The van der Waals surface area contributed by atoms with Crippen molar-refractivity contribution < 1.29 is 13.5 Å². The van der Waals surface area contributed by atoms with E-state index in [0.29, 0.717) is 12.1 Å². The molecule has 0 saturated carbocycles. The Balaban J connectivity index is 2.15. The molecule has 0 aromatic heterocycles. The third kappa shape index (κ3) is 2.68. The van der Waals surface area contributed by atoms with Gasteiger partial charge in [0.15, 0.2) is 11.6 Å². The molecule has 100 valence electrons. The van der Waals surface area contributed by atoms with E-state index in [0.717, 1.165) is 25.6 Å². The van der Waals surface area contributed by atoms with Crippen molar-refractivity contribution in [3.63, 3.8) is 0 Å². The highest BCUT2D eigenvalue weighted by Crippen LogP contribution is 2.26. The molecule has 1 aromatic rings. The summed E-state index contributed by atoms with van der Waals surface area (Å²) in [5.74, 6) is -1.65. The number of halogens is 2. The first-order valence-corrected chi connectivity index (χ1v) is 6.07. The molecule has 1 heterocycles. The SMILES string of the molecule is COC1CCN(C(CN)c2ccc(F)c(F)c2)C1. The molecule has 2 atom stereocenters. The van der Waals surface area contributed by atoms with Crippen LogP contribution in [0.15, 0.2) is 18.2 Å². The van der Waals surface area contributed by atoms with Gasteiger partial charge in [-0.1, -0.05) is 6.07 Å². The number of likely N-dealkylation sites (tertiary alicyclic amines) is 1. The van der Waals surface area contributed by atoms with Crippen molar-refractivity contribution >= 4 is 0 Å². The van der Waals surface area contributed by atoms with E-state index in [1.165, 1.54) is 6.07 Å². The topological polar surface area (TPSA) is 38.5 Å². The molecule has 0 radical (unpaired) electrons. The highest BCUT2D eigenvalue weighted by atomic mass is 19.2. The van der Waals surface area contributed by atoms with Crippen molar-refractivity contribution in [1.29, 1.82) is 0 Å². The van der Waals surface area contributed by atoms with Crippen LogP contribution >= 0.6 is 0 Å². The molecule has 1 aliphatic rings. The van der Waals surface area contributed by atoms with Gasteiger partial charge in [0.1, 0.15) is 0 Å². The van der Waals surface area contributed by atoms with Crippen LogP contribution in [0, 0.1) is 11.6 Å². The lowest BCUT2D eigenvalue weighted by atomic mass is 10.1. The minimum atomic E-state index is -0.828. The van der Waals surface area contributed by atoms with Gasteiger partial charge in [-0.3, -0.25) is 4.90 Å². The maximum atomic E-state index is 13.2. The van der Waals surface area contributed by atoms with Crippen LogP contribution in [-0.2, 0) is 4.74 Å². The predicted molar refractivity (Wildman–Crippen MR) is 65.1 cm³/mol. The molecule has 2 rings (SSSR count). The summed E-state index contributed by atoms with van der Waals surface area (Å²) in [4.78, 5) is 2.15. The fourth-order valence-corrected chi connectivity index (χ4v) is 2.45. The van der Waals surface area contributed by atoms with Gasteiger partial charge in [-0.15, -0.1) is 0 Å². The Hall–Kier alpha value is -1.04. The first-order valence-electron chi connectivity index (χ1n) is 6.07. The summed E-state index contributed by atoms with van der Waals surface area (Å²) in [7, 11) is 1.68. The van der Waals surface area contributed by atoms with Gasteiger partial charge in [0.2, 0.25) is 0 Å². The Kier molecular flexibility index (Phi) is 4.27. The van der Waals surface area contributed by atoms with Crippen LogP contribution in [-0.4, -0.2) is 37.7 Å². The molecule has 0 bridgehead atoms. The normalized spacial score (nSPS) is 22.3. The van der Waals surface area contributed by atoms with Gasteiger partial charge in [-0.2, -0.15) is 0 Å². The molecule has 2 N–H and O–H groups in total. The van der Waals surface area contributed by atoms with E-state index in [-0.39, 0.29) is 12.1 Å². The number of methoxy groups -OCH3 is 1. The molecule has 1 aliphatic heterocycles. The summed E-state index contributed by atoms with van der Waals surface area (Å²) in [6.07, 6.45) is 1.14. The van der Waals surface area contributed by atoms with Gasteiger partial charge in [0.05, 0.1) is 6.10 Å². The van der Waals surface area contributed by atoms with E-state index < -0.39 is 11.6 Å². The first kappa shape index (κ1) is 13.4. The predicted octanol–water partition coefficient (Wildman–Crippen LogP) is 1.69. The summed E-state index contributed by atoms with van der Waals surface area (Å²) < 4.78 is 31.5. The van der Waals surface area contributed by atoms with Gasteiger partial charge >= 0.3 is 0 Å². The summed E-state index contributed by atoms with van der Waals surface area (Å²) in [6, 6.07) is 3.89. The summed E-state index contributed by atoms with van der Waals surface area (Å²) in [5.41, 5.74) is 6.48. The zero-order valence-electron chi connectivity index (χ0n) is 10.4. The molecule has 2 unspecified atom stereocenters. The van der Waals surface area contributed by atoms with E-state index in [9.17, 15) is 8.78 Å². The van der Waals surface area contributed by atoms with Crippen LogP contribution in [0.3, 0.4) is 0 Å². The quantitative estimate of drug-likeness (QED) is 0.891. The second-order valence-corrected chi connectivity index (χ2v) is 4.57. The van der Waals surface area contributed by atoms with Gasteiger partial charge in [-0.05, 0) is 24.1 Å². The fraction of sp³-hybridized carbons (Fsp3) is 0.538. The lowest BCUT2D eigenvalue weighted by Gasteiger charge is -2.27. The van der Waals surface area contributed by atoms with E-state index in [1.807, 2.05) is 0 Å². The molecular formula is C13H18F2N2O. The third-order valence-electron chi connectivity index (χ3n) is 3.50. The first-order chi connectivity index (χ1) is 8.65. The van der Waals surface area contributed by atoms with Crippen molar-refractivity contribution in [2.24, 2.45) is 5.73 Å². The monoisotopic (exact) mass is 256 g/mol. The van der Waals surface area contributed by atoms with Crippen LogP contribution in [0.5, 0.6) is 0 Å². The highest BCUT2D eigenvalue weighted by Gasteiger charge is 2.28. The van der Waals surface area contributed by atoms with Gasteiger partial charge < -0.3 is 10.5 Å². The Bertz CT molecular complexity index is 414. The Morgan fingerprint density at radius 1 is 1.44 bits per heavy atom. The highest BCUT2D eigenvalue weighted by molar-refractivity contribution is 5.22. The van der Waals surface area contributed by atoms with Crippen LogP contribution in [0.25, 0.3) is 0 Å². The van der Waals surface area contributed by atoms with E-state index in [1.54, 1.807) is 13.2 Å². The van der Waals surface area contributed by atoms with Crippen molar-refractivity contribution in [2.75, 3.05) is 26.7 Å². The Labute approximate surface area is 106 Å². The number of ether oxygens (including phenoxy) is 1. The molecular weight excluding hydrogens is 238 g/mol. The third-order valence-corrected chi connectivity index (χ3v) is 3.50. The smallest absolute Gasteiger partial charge is 0.159 e. The molecule has 0 aliphatic carbocycles. The maximum absolute atomic E-state index is 13.2. The number of hydrogen-bond acceptors (Lipinski definition) is 3. The van der Waals surface area contributed by atoms with E-state index in [4.69, 9.17) is 10.5 Å². The lowest BCUT2D eigenvalue weighted by Crippen LogP contribution is -2.33. The summed E-state index contributed by atoms with van der Waals surface area (Å²) in [5, 5.41) is 0. The number of nitrogens with two attached hydrogens (primary N) is 1. The molecule has 0 amide bonds. The fourth-order valence-electron chi connectivity index (χ4n) is 2.45. The van der Waals surface area contributed by atoms with Crippen molar-refractivity contribution in [2.45, 2.75) is 18.6 Å². The average molecular weight is 256 g/mol. The van der Waals surface area contributed by atoms with Crippen molar-refractivity contribution in [1.82, 2.24) is 4.90 Å². The summed E-state index contributed by atoms with van der Waals surface area (Å²) in [6.45, 7) is 2.01. The molecule has 0 spiro atoms. The number of hydrogen-bond donors (Lipinski definition) is 1. The van der Waals surface area contributed by atoms with Crippen LogP contribution in [0.2, 0.25) is 0 Å². The second-order valence-electron chi connectivity index (χ2n) is 4.57. The largest absolute Gasteiger partial charge is 0.380 e. The second kappa shape index (κ2) is 5.73. The van der Waals surface area contributed by atoms with Gasteiger partial charge in [0.25, 0.3) is 0 Å². The molecule has 1 saturated heterocycles. The van der Waals surface area contributed by atoms with Crippen LogP contribution in [0.1, 0.15) is 18.0 Å². The van der Waals surface area contributed by atoms with E-state index in [2.05, 4.69) is 4.90 Å². The Morgan fingerprint density at radius 2 is 2.22 bits per heavy atom. The lowest BCUT2D eigenvalue weighted by molar-refractivity contribution is 0.101.